The molecule has 4 N–H and O–H groups in total. The van der Waals surface area contributed by atoms with Gasteiger partial charge in [0, 0.05) is 11.1 Å². The van der Waals surface area contributed by atoms with E-state index in [2.05, 4.69) is 0 Å². The van der Waals surface area contributed by atoms with Gasteiger partial charge in [0.05, 0.1) is 11.4 Å². The van der Waals surface area contributed by atoms with Crippen LogP contribution in [-0.4, -0.2) is 0 Å². The Balaban J connectivity index is 2.48. The molecule has 0 saturated carbocycles. The quantitative estimate of drug-likeness (QED) is 0.785. The number of benzene rings is 2. The molecule has 4 heteroatoms. The van der Waals surface area contributed by atoms with Crippen molar-refractivity contribution in [2.45, 2.75) is 5.92 Å². The zero-order valence-corrected chi connectivity index (χ0v) is 9.03. The van der Waals surface area contributed by atoms with Crippen molar-refractivity contribution in [1.82, 2.24) is 0 Å². The van der Waals surface area contributed by atoms with Crippen LogP contribution in [0.4, 0.5) is 20.2 Å². The van der Waals surface area contributed by atoms with Gasteiger partial charge in [-0.1, -0.05) is 36.4 Å². The molecule has 0 unspecified atom stereocenters. The minimum absolute atomic E-state index is 0.0656. The average Bonchev–Trinajstić information content (AvgIpc) is 2.33. The third kappa shape index (κ3) is 2.06. The van der Waals surface area contributed by atoms with Crippen LogP contribution in [0.3, 0.4) is 0 Å². The normalized spacial score (nSPS) is 11.4. The van der Waals surface area contributed by atoms with Gasteiger partial charge in [0.2, 0.25) is 0 Å². The summed E-state index contributed by atoms with van der Waals surface area (Å²) in [4.78, 5) is 0. The lowest BCUT2D eigenvalue weighted by atomic mass is 9.99. The van der Waals surface area contributed by atoms with Crippen molar-refractivity contribution in [3.05, 3.63) is 59.7 Å². The molecule has 0 heterocycles. The molecular formula is C13H12F2N2. The fourth-order valence-electron chi connectivity index (χ4n) is 1.58. The molecule has 0 aliphatic carbocycles. The molecular weight excluding hydrogens is 222 g/mol. The fourth-order valence-corrected chi connectivity index (χ4v) is 1.58. The van der Waals surface area contributed by atoms with E-state index >= 15 is 0 Å². The summed E-state index contributed by atoms with van der Waals surface area (Å²) >= 11 is 0. The van der Waals surface area contributed by atoms with Crippen LogP contribution < -0.4 is 11.5 Å². The van der Waals surface area contributed by atoms with Crippen molar-refractivity contribution >= 4 is 11.4 Å². The van der Waals surface area contributed by atoms with Crippen molar-refractivity contribution in [1.29, 1.82) is 0 Å². The predicted octanol–water partition coefficient (Wildman–Crippen LogP) is 2.99. The number of nitrogen functional groups attached to an aromatic ring is 2. The number of halogens is 2. The first kappa shape index (κ1) is 11.4. The highest BCUT2D eigenvalue weighted by Gasteiger charge is 2.33. The second-order valence-corrected chi connectivity index (χ2v) is 3.78. The van der Waals surface area contributed by atoms with Gasteiger partial charge in [-0.15, -0.1) is 0 Å². The van der Waals surface area contributed by atoms with E-state index in [-0.39, 0.29) is 16.8 Å². The highest BCUT2D eigenvalue weighted by atomic mass is 19.3. The van der Waals surface area contributed by atoms with E-state index in [1.165, 1.54) is 30.3 Å². The largest absolute Gasteiger partial charge is 0.397 e. The first-order chi connectivity index (χ1) is 8.01. The van der Waals surface area contributed by atoms with Gasteiger partial charge in [0.15, 0.2) is 0 Å². The van der Waals surface area contributed by atoms with Crippen LogP contribution in [0.1, 0.15) is 11.1 Å². The maximum absolute atomic E-state index is 14.1. The van der Waals surface area contributed by atoms with Gasteiger partial charge >= 0.3 is 0 Å². The maximum atomic E-state index is 14.1. The van der Waals surface area contributed by atoms with Gasteiger partial charge in [0.25, 0.3) is 5.92 Å². The van der Waals surface area contributed by atoms with Crippen molar-refractivity contribution in [2.24, 2.45) is 0 Å². The Kier molecular flexibility index (Phi) is 2.71. The van der Waals surface area contributed by atoms with Crippen molar-refractivity contribution in [3.63, 3.8) is 0 Å². The molecule has 0 fully saturated rings. The minimum Gasteiger partial charge on any atom is -0.397 e. The fraction of sp³-hybridized carbons (Fsp3) is 0.0769. The van der Waals surface area contributed by atoms with Crippen LogP contribution in [0, 0.1) is 0 Å². The molecule has 0 aliphatic heterocycles. The van der Waals surface area contributed by atoms with E-state index in [0.717, 1.165) is 0 Å². The third-order valence-electron chi connectivity index (χ3n) is 2.59. The number of anilines is 2. The summed E-state index contributed by atoms with van der Waals surface area (Å²) < 4.78 is 28.2. The van der Waals surface area contributed by atoms with E-state index in [1.54, 1.807) is 18.2 Å². The molecule has 0 aliphatic rings. The molecule has 0 atom stereocenters. The van der Waals surface area contributed by atoms with E-state index in [0.29, 0.717) is 5.69 Å². The standard InChI is InChI=1S/C13H12F2N2/c14-13(15,9-4-2-1-3-5-9)10-6-7-11(16)12(17)8-10/h1-8H,16-17H2. The Morgan fingerprint density at radius 1 is 0.765 bits per heavy atom. The lowest BCUT2D eigenvalue weighted by Crippen LogP contribution is -2.15. The Labute approximate surface area is 97.9 Å². The monoisotopic (exact) mass is 234 g/mol. The molecule has 2 aromatic rings. The second-order valence-electron chi connectivity index (χ2n) is 3.78. The predicted molar refractivity (Wildman–Crippen MR) is 64.7 cm³/mol. The van der Waals surface area contributed by atoms with Gasteiger partial charge in [0.1, 0.15) is 0 Å². The van der Waals surface area contributed by atoms with Gasteiger partial charge in [-0.25, -0.2) is 0 Å². The van der Waals surface area contributed by atoms with Gasteiger partial charge in [-0.2, -0.15) is 8.78 Å². The van der Waals surface area contributed by atoms with Crippen LogP contribution in [0.5, 0.6) is 0 Å². The highest BCUT2D eigenvalue weighted by molar-refractivity contribution is 5.64. The van der Waals surface area contributed by atoms with Crippen LogP contribution in [-0.2, 0) is 5.92 Å². The van der Waals surface area contributed by atoms with Crippen molar-refractivity contribution < 1.29 is 8.78 Å². The Morgan fingerprint density at radius 3 is 2.00 bits per heavy atom. The Bertz CT molecular complexity index is 524. The van der Waals surface area contributed by atoms with Crippen LogP contribution in [0.2, 0.25) is 0 Å². The first-order valence-electron chi connectivity index (χ1n) is 5.10. The smallest absolute Gasteiger partial charge is 0.298 e. The van der Waals surface area contributed by atoms with Crippen LogP contribution in [0.15, 0.2) is 48.5 Å². The molecule has 2 nitrogen and oxygen atoms in total. The summed E-state index contributed by atoms with van der Waals surface area (Å²) in [6.07, 6.45) is 0. The zero-order chi connectivity index (χ0) is 12.5. The van der Waals surface area contributed by atoms with Crippen molar-refractivity contribution in [2.75, 3.05) is 11.5 Å². The highest BCUT2D eigenvalue weighted by Crippen LogP contribution is 2.36. The lowest BCUT2D eigenvalue weighted by Gasteiger charge is -2.18. The number of alkyl halides is 2. The molecule has 0 saturated heterocycles. The van der Waals surface area contributed by atoms with Gasteiger partial charge in [-0.3, -0.25) is 0 Å². The average molecular weight is 234 g/mol. The van der Waals surface area contributed by atoms with Crippen LogP contribution >= 0.6 is 0 Å². The molecule has 17 heavy (non-hydrogen) atoms. The van der Waals surface area contributed by atoms with E-state index in [1.807, 2.05) is 0 Å². The topological polar surface area (TPSA) is 52.0 Å². The Hall–Kier alpha value is -2.10. The molecule has 0 bridgehead atoms. The number of nitrogens with two attached hydrogens (primary N) is 2. The summed E-state index contributed by atoms with van der Waals surface area (Å²) in [7, 11) is 0. The number of rotatable bonds is 2. The zero-order valence-electron chi connectivity index (χ0n) is 9.03. The van der Waals surface area contributed by atoms with Gasteiger partial charge < -0.3 is 11.5 Å². The minimum atomic E-state index is -3.07. The summed E-state index contributed by atoms with van der Waals surface area (Å²) in [6.45, 7) is 0. The third-order valence-corrected chi connectivity index (χ3v) is 2.59. The summed E-state index contributed by atoms with van der Waals surface area (Å²) in [6, 6.07) is 11.5. The summed E-state index contributed by atoms with van der Waals surface area (Å²) in [5.74, 6) is -3.07. The summed E-state index contributed by atoms with van der Waals surface area (Å²) in [5.41, 5.74) is 11.3. The molecule has 0 radical (unpaired) electrons. The van der Waals surface area contributed by atoms with E-state index < -0.39 is 5.92 Å². The SMILES string of the molecule is Nc1ccc(C(F)(F)c2ccccc2)cc1N. The van der Waals surface area contributed by atoms with Gasteiger partial charge in [-0.05, 0) is 12.1 Å². The molecule has 2 rings (SSSR count). The maximum Gasteiger partial charge on any atom is 0.298 e. The molecule has 0 aromatic heterocycles. The van der Waals surface area contributed by atoms with Crippen LogP contribution in [0.25, 0.3) is 0 Å². The molecule has 0 spiro atoms. The lowest BCUT2D eigenvalue weighted by molar-refractivity contribution is 0.0429. The summed E-state index contributed by atoms with van der Waals surface area (Å²) in [5, 5.41) is 0. The van der Waals surface area contributed by atoms with E-state index in [4.69, 9.17) is 11.5 Å². The van der Waals surface area contributed by atoms with E-state index in [9.17, 15) is 8.78 Å². The first-order valence-corrected chi connectivity index (χ1v) is 5.10. The molecule has 0 amide bonds. The number of hydrogen-bond acceptors (Lipinski definition) is 2. The molecule has 88 valence electrons. The molecule has 2 aromatic carbocycles. The Morgan fingerprint density at radius 2 is 1.41 bits per heavy atom. The second kappa shape index (κ2) is 4.05. The van der Waals surface area contributed by atoms with Crippen molar-refractivity contribution in [3.8, 4) is 0 Å². The number of hydrogen-bond donors (Lipinski definition) is 2.